The number of hydrogen-bond donors (Lipinski definition) is 0. The lowest BCUT2D eigenvalue weighted by Gasteiger charge is -2.29. The van der Waals surface area contributed by atoms with Gasteiger partial charge >= 0.3 is 0 Å². The van der Waals surface area contributed by atoms with Crippen LogP contribution >= 0.6 is 0 Å². The number of anilines is 3. The van der Waals surface area contributed by atoms with Crippen molar-refractivity contribution < 1.29 is 9.53 Å². The summed E-state index contributed by atoms with van der Waals surface area (Å²) >= 11 is 0. The van der Waals surface area contributed by atoms with E-state index in [1.54, 1.807) is 14.0 Å². The first kappa shape index (κ1) is 29.7. The highest BCUT2D eigenvalue weighted by molar-refractivity contribution is 6.29. The van der Waals surface area contributed by atoms with Crippen molar-refractivity contribution in [2.24, 2.45) is 0 Å². The maximum Gasteiger partial charge on any atom is 0.163 e. The van der Waals surface area contributed by atoms with E-state index in [0.29, 0.717) is 11.3 Å². The first-order valence-corrected chi connectivity index (χ1v) is 16.5. The molecule has 7 aromatic rings. The van der Waals surface area contributed by atoms with Crippen molar-refractivity contribution in [1.29, 1.82) is 0 Å². The van der Waals surface area contributed by atoms with Gasteiger partial charge in [-0.1, -0.05) is 111 Å². The van der Waals surface area contributed by atoms with E-state index in [-0.39, 0.29) is 11.2 Å². The minimum absolute atomic E-state index is 0.0169. The quantitative estimate of drug-likeness (QED) is 0.105. The number of ketones is 1. The lowest BCUT2D eigenvalue weighted by atomic mass is 9.82. The molecule has 3 nitrogen and oxygen atoms in total. The molecule has 0 amide bonds. The molecule has 0 saturated heterocycles. The van der Waals surface area contributed by atoms with Crippen molar-refractivity contribution in [2.75, 3.05) is 12.0 Å². The zero-order valence-corrected chi connectivity index (χ0v) is 28.0. The molecule has 48 heavy (non-hydrogen) atoms. The third-order valence-electron chi connectivity index (χ3n) is 10.2. The van der Waals surface area contributed by atoms with Gasteiger partial charge < -0.3 is 9.64 Å². The van der Waals surface area contributed by atoms with Gasteiger partial charge in [0.2, 0.25) is 0 Å². The number of benzene rings is 7. The molecule has 0 heterocycles. The van der Waals surface area contributed by atoms with Crippen LogP contribution in [0.4, 0.5) is 17.1 Å². The van der Waals surface area contributed by atoms with Crippen molar-refractivity contribution in [2.45, 2.75) is 33.1 Å². The fraction of sp³-hybridized carbons (Fsp3) is 0.133. The molecular formula is C45H37NO2. The number of allylic oxidation sites excluding steroid dienone is 2. The average Bonchev–Trinajstić information content (AvgIpc) is 3.34. The summed E-state index contributed by atoms with van der Waals surface area (Å²) in [7, 11) is 1.63. The molecule has 0 spiro atoms. The SMILES string of the molecule is CO/C(C)=C(\C(C)=O)c1cc2c3ccccc3c(N(c3ccccc3)c3ccc4c(c3)C(C)(C)c3ccccc3-4)cc2c2ccccc12. The third kappa shape index (κ3) is 4.46. The number of rotatable bonds is 6. The lowest BCUT2D eigenvalue weighted by molar-refractivity contribution is -0.111. The van der Waals surface area contributed by atoms with Gasteiger partial charge in [0, 0.05) is 22.2 Å². The second-order valence-corrected chi connectivity index (χ2v) is 13.3. The highest BCUT2D eigenvalue weighted by Gasteiger charge is 2.36. The standard InChI is InChI=1S/C45H37NO2/c1-28(47)44(29(2)48-5)40-26-38-34-19-11-12-21-37(34)43(27-39(38)32-17-9-10-18-33(32)40)46(30-15-7-6-8-16-30)31-23-24-36-35-20-13-14-22-41(35)45(3,4)42(36)25-31/h6-27H,1-5H3/b44-29+. The summed E-state index contributed by atoms with van der Waals surface area (Å²) in [5.41, 5.74) is 10.0. The van der Waals surface area contributed by atoms with Gasteiger partial charge in [-0.2, -0.15) is 0 Å². The molecule has 1 aliphatic carbocycles. The Kier molecular flexibility index (Phi) is 6.96. The van der Waals surface area contributed by atoms with Crippen molar-refractivity contribution in [3.63, 3.8) is 0 Å². The molecule has 0 aromatic heterocycles. The van der Waals surface area contributed by atoms with Gasteiger partial charge in [-0.15, -0.1) is 0 Å². The Labute approximate surface area is 281 Å². The van der Waals surface area contributed by atoms with Crippen molar-refractivity contribution in [1.82, 2.24) is 0 Å². The number of para-hydroxylation sites is 1. The van der Waals surface area contributed by atoms with E-state index in [4.69, 9.17) is 4.74 Å². The average molecular weight is 624 g/mol. The van der Waals surface area contributed by atoms with Gasteiger partial charge in [-0.3, -0.25) is 4.79 Å². The zero-order valence-electron chi connectivity index (χ0n) is 28.0. The summed E-state index contributed by atoms with van der Waals surface area (Å²) < 4.78 is 5.64. The van der Waals surface area contributed by atoms with Crippen LogP contribution in [0.2, 0.25) is 0 Å². The fourth-order valence-electron chi connectivity index (χ4n) is 7.89. The van der Waals surface area contributed by atoms with Crippen molar-refractivity contribution in [3.05, 3.63) is 156 Å². The maximum atomic E-state index is 13.1. The molecule has 0 fully saturated rings. The van der Waals surface area contributed by atoms with Crippen LogP contribution in [0.15, 0.2) is 139 Å². The Morgan fingerprint density at radius 2 is 1.15 bits per heavy atom. The van der Waals surface area contributed by atoms with Crippen molar-refractivity contribution in [3.8, 4) is 11.1 Å². The van der Waals surface area contributed by atoms with Crippen LogP contribution in [-0.2, 0) is 14.9 Å². The van der Waals surface area contributed by atoms with Crippen LogP contribution in [0.3, 0.4) is 0 Å². The van der Waals surface area contributed by atoms with Gasteiger partial charge in [0.15, 0.2) is 5.78 Å². The van der Waals surface area contributed by atoms with Gasteiger partial charge in [0.25, 0.3) is 0 Å². The number of fused-ring (bicyclic) bond motifs is 8. The number of Topliss-reactive ketones (excluding diaryl/α,β-unsaturated/α-hetero) is 1. The molecular weight excluding hydrogens is 587 g/mol. The number of carbonyl (C=O) groups excluding carboxylic acids is 1. The highest BCUT2D eigenvalue weighted by Crippen LogP contribution is 2.51. The summed E-state index contributed by atoms with van der Waals surface area (Å²) in [6, 6.07) is 47.9. The van der Waals surface area contributed by atoms with Crippen LogP contribution < -0.4 is 4.90 Å². The summed E-state index contributed by atoms with van der Waals surface area (Å²) in [6.07, 6.45) is 0. The molecule has 3 heteroatoms. The van der Waals surface area contributed by atoms with E-state index in [2.05, 4.69) is 146 Å². The van der Waals surface area contributed by atoms with E-state index < -0.39 is 0 Å². The largest absolute Gasteiger partial charge is 0.501 e. The topological polar surface area (TPSA) is 29.5 Å². The van der Waals surface area contributed by atoms with Crippen LogP contribution in [0.5, 0.6) is 0 Å². The minimum Gasteiger partial charge on any atom is -0.501 e. The Hall–Kier alpha value is -5.67. The number of methoxy groups -OCH3 is 1. The van der Waals surface area contributed by atoms with Crippen LogP contribution in [0, 0.1) is 0 Å². The molecule has 0 saturated carbocycles. The monoisotopic (exact) mass is 623 g/mol. The highest BCUT2D eigenvalue weighted by atomic mass is 16.5. The summed E-state index contributed by atoms with van der Waals surface area (Å²) in [5.74, 6) is 0.599. The number of ether oxygens (including phenoxy) is 1. The molecule has 234 valence electrons. The number of carbonyl (C=O) groups is 1. The number of nitrogens with zero attached hydrogens (tertiary/aromatic N) is 1. The predicted octanol–water partition coefficient (Wildman–Crippen LogP) is 11.9. The molecule has 8 rings (SSSR count). The van der Waals surface area contributed by atoms with Gasteiger partial charge in [-0.05, 0) is 105 Å². The zero-order chi connectivity index (χ0) is 33.2. The minimum atomic E-state index is -0.120. The first-order chi connectivity index (χ1) is 23.3. The normalized spacial score (nSPS) is 13.7. The molecule has 0 atom stereocenters. The fourth-order valence-corrected chi connectivity index (χ4v) is 7.89. The van der Waals surface area contributed by atoms with Gasteiger partial charge in [-0.25, -0.2) is 0 Å². The molecule has 0 aliphatic heterocycles. The van der Waals surface area contributed by atoms with E-state index in [0.717, 1.165) is 54.9 Å². The molecule has 7 aromatic carbocycles. The maximum absolute atomic E-state index is 13.1. The Morgan fingerprint density at radius 1 is 0.562 bits per heavy atom. The second kappa shape index (κ2) is 11.2. The summed E-state index contributed by atoms with van der Waals surface area (Å²) in [5, 5.41) is 6.62. The van der Waals surface area contributed by atoms with Crippen LogP contribution in [0.1, 0.15) is 44.4 Å². The number of hydrogen-bond acceptors (Lipinski definition) is 3. The summed E-state index contributed by atoms with van der Waals surface area (Å²) in [4.78, 5) is 15.5. The van der Waals surface area contributed by atoms with Crippen LogP contribution in [-0.4, -0.2) is 12.9 Å². The van der Waals surface area contributed by atoms with E-state index in [9.17, 15) is 4.79 Å². The Morgan fingerprint density at radius 3 is 1.85 bits per heavy atom. The third-order valence-corrected chi connectivity index (χ3v) is 10.2. The van der Waals surface area contributed by atoms with Crippen LogP contribution in [0.25, 0.3) is 49.0 Å². The first-order valence-electron chi connectivity index (χ1n) is 16.5. The van der Waals surface area contributed by atoms with Crippen molar-refractivity contribution >= 4 is 60.7 Å². The van der Waals surface area contributed by atoms with E-state index in [1.807, 2.05) is 13.0 Å². The summed E-state index contributed by atoms with van der Waals surface area (Å²) in [6.45, 7) is 8.15. The molecule has 0 unspecified atom stereocenters. The smallest absolute Gasteiger partial charge is 0.163 e. The molecule has 1 aliphatic rings. The Bertz CT molecular complexity index is 2450. The van der Waals surface area contributed by atoms with Gasteiger partial charge in [0.05, 0.1) is 18.4 Å². The molecule has 0 bridgehead atoms. The lowest BCUT2D eigenvalue weighted by Crippen LogP contribution is -2.16. The molecule has 0 N–H and O–H groups in total. The second-order valence-electron chi connectivity index (χ2n) is 13.3. The van der Waals surface area contributed by atoms with E-state index >= 15 is 0 Å². The van der Waals surface area contributed by atoms with Gasteiger partial charge in [0.1, 0.15) is 5.76 Å². The van der Waals surface area contributed by atoms with E-state index in [1.165, 1.54) is 22.3 Å². The Balaban J connectivity index is 1.45. The predicted molar refractivity (Wildman–Crippen MR) is 201 cm³/mol. The molecule has 0 radical (unpaired) electrons.